The molecule has 0 bridgehead atoms. The van der Waals surface area contributed by atoms with E-state index in [4.69, 9.17) is 27.9 Å². The molecule has 2 rings (SSSR count). The van der Waals surface area contributed by atoms with E-state index >= 15 is 0 Å². The maximum atomic E-state index is 12.4. The van der Waals surface area contributed by atoms with Crippen LogP contribution in [0.4, 0.5) is 0 Å². The number of nitrogens with zero attached hydrogens (tertiary/aromatic N) is 1. The van der Waals surface area contributed by atoms with Crippen LogP contribution in [0.15, 0.2) is 23.1 Å². The van der Waals surface area contributed by atoms with Crippen molar-refractivity contribution in [1.82, 2.24) is 4.57 Å². The molecule has 0 N–H and O–H groups in total. The van der Waals surface area contributed by atoms with E-state index < -0.39 is 11.4 Å². The van der Waals surface area contributed by atoms with Gasteiger partial charge in [0.25, 0.3) is 0 Å². The van der Waals surface area contributed by atoms with Crippen molar-refractivity contribution in [3.8, 4) is 0 Å². The molecule has 106 valence electrons. The SMILES string of the molecule is CCOC(=O)c1cn(CC)c2ccc(Cl)c(Cl)c2c1=O. The fourth-order valence-electron chi connectivity index (χ4n) is 2.03. The molecule has 6 heteroatoms. The number of benzene rings is 1. The molecule has 20 heavy (non-hydrogen) atoms. The molecule has 1 aromatic heterocycles. The molecular formula is C14H13Cl2NO3. The first-order valence-electron chi connectivity index (χ1n) is 6.19. The van der Waals surface area contributed by atoms with E-state index in [-0.39, 0.29) is 27.6 Å². The van der Waals surface area contributed by atoms with Crippen LogP contribution in [0.3, 0.4) is 0 Å². The van der Waals surface area contributed by atoms with E-state index in [0.717, 1.165) is 0 Å². The Morgan fingerprint density at radius 1 is 1.30 bits per heavy atom. The average Bonchev–Trinajstić information content (AvgIpc) is 2.43. The Kier molecular flexibility index (Phi) is 4.35. The zero-order valence-electron chi connectivity index (χ0n) is 11.1. The van der Waals surface area contributed by atoms with Crippen molar-refractivity contribution in [2.45, 2.75) is 20.4 Å². The smallest absolute Gasteiger partial charge is 0.343 e. The molecule has 1 aromatic carbocycles. The summed E-state index contributed by atoms with van der Waals surface area (Å²) in [6, 6.07) is 3.34. The Bertz CT molecular complexity index is 737. The lowest BCUT2D eigenvalue weighted by molar-refractivity contribution is 0.0524. The zero-order chi connectivity index (χ0) is 14.9. The lowest BCUT2D eigenvalue weighted by Gasteiger charge is -2.12. The number of fused-ring (bicyclic) bond motifs is 1. The van der Waals surface area contributed by atoms with Gasteiger partial charge in [-0.3, -0.25) is 4.79 Å². The fraction of sp³-hybridized carbons (Fsp3) is 0.286. The highest BCUT2D eigenvalue weighted by atomic mass is 35.5. The third kappa shape index (κ3) is 2.41. The number of carbonyl (C=O) groups is 1. The van der Waals surface area contributed by atoms with Crippen molar-refractivity contribution in [1.29, 1.82) is 0 Å². The molecule has 0 aliphatic carbocycles. The van der Waals surface area contributed by atoms with E-state index in [1.54, 1.807) is 23.6 Å². The van der Waals surface area contributed by atoms with Crippen LogP contribution in [-0.4, -0.2) is 17.1 Å². The number of hydrogen-bond acceptors (Lipinski definition) is 3. The van der Waals surface area contributed by atoms with Crippen molar-refractivity contribution in [3.05, 3.63) is 44.2 Å². The van der Waals surface area contributed by atoms with Gasteiger partial charge in [0.15, 0.2) is 0 Å². The highest BCUT2D eigenvalue weighted by molar-refractivity contribution is 6.45. The minimum Gasteiger partial charge on any atom is -0.462 e. The van der Waals surface area contributed by atoms with Gasteiger partial charge in [0.05, 0.1) is 27.6 Å². The van der Waals surface area contributed by atoms with Crippen LogP contribution in [0.1, 0.15) is 24.2 Å². The van der Waals surface area contributed by atoms with Crippen LogP contribution in [0.5, 0.6) is 0 Å². The molecular weight excluding hydrogens is 301 g/mol. The minimum absolute atomic E-state index is 0.0367. The summed E-state index contributed by atoms with van der Waals surface area (Å²) in [7, 11) is 0. The summed E-state index contributed by atoms with van der Waals surface area (Å²) in [5, 5.41) is 0.675. The third-order valence-electron chi connectivity index (χ3n) is 2.97. The summed E-state index contributed by atoms with van der Waals surface area (Å²) < 4.78 is 6.67. The van der Waals surface area contributed by atoms with E-state index in [1.165, 1.54) is 6.20 Å². The van der Waals surface area contributed by atoms with Crippen molar-refractivity contribution in [2.24, 2.45) is 0 Å². The van der Waals surface area contributed by atoms with Gasteiger partial charge in [-0.2, -0.15) is 0 Å². The lowest BCUT2D eigenvalue weighted by Crippen LogP contribution is -2.21. The van der Waals surface area contributed by atoms with E-state index in [9.17, 15) is 9.59 Å². The van der Waals surface area contributed by atoms with Gasteiger partial charge in [-0.25, -0.2) is 4.79 Å². The Hall–Kier alpha value is -1.52. The first kappa shape index (κ1) is 14.9. The molecule has 0 unspecified atom stereocenters. The van der Waals surface area contributed by atoms with Gasteiger partial charge in [0.1, 0.15) is 5.56 Å². The Balaban J connectivity index is 2.87. The first-order chi connectivity index (χ1) is 9.51. The molecule has 0 aliphatic rings. The molecule has 2 aromatic rings. The molecule has 1 heterocycles. The first-order valence-corrected chi connectivity index (χ1v) is 6.95. The van der Waals surface area contributed by atoms with Gasteiger partial charge in [-0.15, -0.1) is 0 Å². The van der Waals surface area contributed by atoms with Crippen molar-refractivity contribution < 1.29 is 9.53 Å². The topological polar surface area (TPSA) is 48.3 Å². The summed E-state index contributed by atoms with van der Waals surface area (Å²) in [6.07, 6.45) is 1.49. The number of aryl methyl sites for hydroxylation is 1. The number of carbonyl (C=O) groups excluding carboxylic acids is 1. The number of ether oxygens (including phenoxy) is 1. The minimum atomic E-state index is -0.655. The van der Waals surface area contributed by atoms with Crippen LogP contribution in [-0.2, 0) is 11.3 Å². The van der Waals surface area contributed by atoms with Crippen LogP contribution >= 0.6 is 23.2 Å². The lowest BCUT2D eigenvalue weighted by atomic mass is 10.1. The number of halogens is 2. The average molecular weight is 314 g/mol. The number of pyridine rings is 1. The summed E-state index contributed by atoms with van der Waals surface area (Å²) in [4.78, 5) is 24.3. The van der Waals surface area contributed by atoms with Crippen LogP contribution in [0.25, 0.3) is 10.9 Å². The number of hydrogen-bond donors (Lipinski definition) is 0. The van der Waals surface area contributed by atoms with E-state index in [1.807, 2.05) is 6.92 Å². The maximum absolute atomic E-state index is 12.4. The summed E-state index contributed by atoms with van der Waals surface area (Å²) in [6.45, 7) is 4.37. The van der Waals surface area contributed by atoms with Crippen LogP contribution in [0.2, 0.25) is 10.0 Å². The molecule has 0 amide bonds. The number of aromatic nitrogens is 1. The molecule has 0 aliphatic heterocycles. The predicted octanol–water partition coefficient (Wildman–Crippen LogP) is 3.50. The van der Waals surface area contributed by atoms with E-state index in [0.29, 0.717) is 12.1 Å². The second-order valence-electron chi connectivity index (χ2n) is 4.13. The van der Waals surface area contributed by atoms with Gasteiger partial charge in [0, 0.05) is 12.7 Å². The monoisotopic (exact) mass is 313 g/mol. The van der Waals surface area contributed by atoms with Gasteiger partial charge in [-0.05, 0) is 26.0 Å². The van der Waals surface area contributed by atoms with Gasteiger partial charge >= 0.3 is 5.97 Å². The molecule has 0 radical (unpaired) electrons. The van der Waals surface area contributed by atoms with E-state index in [2.05, 4.69) is 0 Å². The Morgan fingerprint density at radius 3 is 2.60 bits per heavy atom. The van der Waals surface area contributed by atoms with Crippen molar-refractivity contribution >= 4 is 40.1 Å². The Labute approximate surface area is 125 Å². The van der Waals surface area contributed by atoms with Gasteiger partial charge in [0.2, 0.25) is 5.43 Å². The summed E-state index contributed by atoms with van der Waals surface area (Å²) >= 11 is 12.1. The fourth-order valence-corrected chi connectivity index (χ4v) is 2.43. The molecule has 0 fully saturated rings. The molecule has 0 spiro atoms. The molecule has 0 saturated carbocycles. The summed E-state index contributed by atoms with van der Waals surface area (Å²) in [5.74, 6) is -0.655. The number of esters is 1. The second kappa shape index (κ2) is 5.85. The summed E-state index contributed by atoms with van der Waals surface area (Å²) in [5.41, 5.74) is 0.140. The number of rotatable bonds is 3. The largest absolute Gasteiger partial charge is 0.462 e. The second-order valence-corrected chi connectivity index (χ2v) is 4.92. The van der Waals surface area contributed by atoms with Crippen LogP contribution < -0.4 is 5.43 Å². The zero-order valence-corrected chi connectivity index (χ0v) is 12.6. The van der Waals surface area contributed by atoms with Crippen LogP contribution in [0, 0.1) is 0 Å². The van der Waals surface area contributed by atoms with Gasteiger partial charge in [-0.1, -0.05) is 23.2 Å². The molecule has 4 nitrogen and oxygen atoms in total. The molecule has 0 saturated heterocycles. The van der Waals surface area contributed by atoms with Crippen molar-refractivity contribution in [2.75, 3.05) is 6.61 Å². The standard InChI is InChI=1S/C14H13Cl2NO3/c1-3-17-7-8(14(19)20-4-2)13(18)11-10(17)6-5-9(15)12(11)16/h5-7H,3-4H2,1-2H3. The third-order valence-corrected chi connectivity index (χ3v) is 3.78. The van der Waals surface area contributed by atoms with Gasteiger partial charge < -0.3 is 9.30 Å². The highest BCUT2D eigenvalue weighted by Crippen LogP contribution is 2.29. The van der Waals surface area contributed by atoms with Crippen molar-refractivity contribution in [3.63, 3.8) is 0 Å². The Morgan fingerprint density at radius 2 is 2.00 bits per heavy atom. The maximum Gasteiger partial charge on any atom is 0.343 e. The molecule has 0 atom stereocenters. The quantitative estimate of drug-likeness (QED) is 0.815. The normalized spacial score (nSPS) is 10.8. The predicted molar refractivity (Wildman–Crippen MR) is 79.9 cm³/mol. The highest BCUT2D eigenvalue weighted by Gasteiger charge is 2.18.